The second kappa shape index (κ2) is 6.31. The average molecular weight is 304 g/mol. The van der Waals surface area contributed by atoms with Crippen LogP contribution >= 0.6 is 0 Å². The second-order valence-corrected chi connectivity index (χ2v) is 3.76. The topological polar surface area (TPSA) is 76.3 Å². The first-order valence-electron chi connectivity index (χ1n) is 5.55. The van der Waals surface area contributed by atoms with Gasteiger partial charge in [-0.3, -0.25) is 0 Å². The van der Waals surface area contributed by atoms with E-state index in [1.165, 1.54) is 0 Å². The van der Waals surface area contributed by atoms with E-state index in [1.54, 1.807) is 0 Å². The van der Waals surface area contributed by atoms with Crippen molar-refractivity contribution in [2.45, 2.75) is 0 Å². The van der Waals surface area contributed by atoms with E-state index < -0.39 is 0 Å². The molecule has 4 rings (SSSR count). The Morgan fingerprint density at radius 1 is 0.526 bits per heavy atom. The first kappa shape index (κ1) is 13.5. The van der Waals surface area contributed by atoms with Gasteiger partial charge in [0.15, 0.2) is 0 Å². The summed E-state index contributed by atoms with van der Waals surface area (Å²) in [6.07, 6.45) is 0. The van der Waals surface area contributed by atoms with Crippen LogP contribution in [-0.2, 0) is 17.1 Å². The molecule has 0 aliphatic carbocycles. The van der Waals surface area contributed by atoms with Gasteiger partial charge >= 0.3 is 17.1 Å². The molecule has 2 aliphatic rings. The van der Waals surface area contributed by atoms with E-state index in [2.05, 4.69) is 32.8 Å². The monoisotopic (exact) mass is 303 g/mol. The van der Waals surface area contributed by atoms with Crippen LogP contribution < -0.4 is 21.7 Å². The number of anilines is 4. The molecule has 0 saturated carbocycles. The number of benzene rings is 2. The molecular weight excluding hydrogens is 292 g/mol. The predicted molar refractivity (Wildman–Crippen MR) is 74.1 cm³/mol. The zero-order chi connectivity index (χ0) is 12.2. The third-order valence-electron chi connectivity index (χ3n) is 2.56. The zero-order valence-corrected chi connectivity index (χ0v) is 10.8. The van der Waals surface area contributed by atoms with Crippen LogP contribution in [0.2, 0.25) is 0 Å². The van der Waals surface area contributed by atoms with E-state index >= 15 is 0 Å². The van der Waals surface area contributed by atoms with E-state index in [9.17, 15) is 0 Å². The fourth-order valence-corrected chi connectivity index (χ4v) is 1.65. The van der Waals surface area contributed by atoms with Crippen LogP contribution in [0.15, 0.2) is 48.5 Å². The third kappa shape index (κ3) is 3.10. The van der Waals surface area contributed by atoms with Gasteiger partial charge in [-0.15, -0.1) is 0 Å². The number of fused-ring (bicyclic) bond motifs is 2. The smallest absolute Gasteiger partial charge is 0.480 e. The van der Waals surface area contributed by atoms with Gasteiger partial charge in [0.25, 0.3) is 0 Å². The van der Waals surface area contributed by atoms with Gasteiger partial charge in [-0.25, -0.2) is 0 Å². The molecule has 0 saturated heterocycles. The van der Waals surface area contributed by atoms with E-state index in [-0.39, 0.29) is 17.1 Å². The first-order valence-corrected chi connectivity index (χ1v) is 5.55. The van der Waals surface area contributed by atoms with Crippen molar-refractivity contribution in [1.82, 2.24) is 0 Å². The summed E-state index contributed by atoms with van der Waals surface area (Å²) in [6.45, 7) is 0. The van der Waals surface area contributed by atoms with Crippen molar-refractivity contribution in [1.29, 1.82) is 0 Å². The van der Waals surface area contributed by atoms with Crippen molar-refractivity contribution in [2.24, 2.45) is 0 Å². The molecule has 0 atom stereocenters. The van der Waals surface area contributed by atoms with Crippen molar-refractivity contribution in [3.8, 4) is 0 Å². The van der Waals surface area contributed by atoms with Crippen LogP contribution in [0.4, 0.5) is 22.7 Å². The predicted octanol–water partition coefficient (Wildman–Crippen LogP) is 3.45. The molecule has 2 aromatic carbocycles. The Bertz CT molecular complexity index is 452. The molecule has 0 unspecified atom stereocenters. The second-order valence-electron chi connectivity index (χ2n) is 3.76. The Balaban J connectivity index is 0.000000133. The zero-order valence-electron chi connectivity index (χ0n) is 9.81. The summed E-state index contributed by atoms with van der Waals surface area (Å²) in [6, 6.07) is 15.8. The number of hydrogen-bond acceptors (Lipinski definition) is 4. The maximum atomic E-state index is 3.75. The number of nitrogens with zero attached hydrogens (tertiary/aromatic N) is 2. The molecule has 7 heteroatoms. The van der Waals surface area contributed by atoms with E-state index in [0.29, 0.717) is 0 Å². The van der Waals surface area contributed by atoms with Crippen molar-refractivity contribution in [3.05, 3.63) is 59.6 Å². The minimum absolute atomic E-state index is 0. The molecule has 1 radical (unpaired) electrons. The maximum absolute atomic E-state index is 3.75. The Morgan fingerprint density at radius 3 is 1.05 bits per heavy atom. The summed E-state index contributed by atoms with van der Waals surface area (Å²) < 4.78 is 0. The van der Waals surface area contributed by atoms with Crippen LogP contribution in [0.1, 0.15) is 0 Å². The van der Waals surface area contributed by atoms with Crippen LogP contribution in [0.25, 0.3) is 11.1 Å². The number of nitrogens with one attached hydrogen (secondary N) is 4. The summed E-state index contributed by atoms with van der Waals surface area (Å²) in [5, 5.41) is 0. The normalized spacial score (nSPS) is 13.1. The van der Waals surface area contributed by atoms with Gasteiger partial charge in [0.05, 0.1) is 0 Å². The summed E-state index contributed by atoms with van der Waals surface area (Å²) in [4.78, 5) is 0. The molecule has 0 amide bonds. The van der Waals surface area contributed by atoms with Crippen LogP contribution in [0, 0.1) is 0 Å². The van der Waals surface area contributed by atoms with Crippen molar-refractivity contribution in [2.75, 3.05) is 21.7 Å². The van der Waals surface area contributed by atoms with E-state index in [1.807, 2.05) is 48.5 Å². The van der Waals surface area contributed by atoms with Crippen LogP contribution in [0.5, 0.6) is 0 Å². The molecule has 0 bridgehead atoms. The van der Waals surface area contributed by atoms with Gasteiger partial charge < -0.3 is 32.8 Å². The molecule has 4 N–H and O–H groups in total. The van der Waals surface area contributed by atoms with Gasteiger partial charge in [0, 0.05) is 22.7 Å². The van der Waals surface area contributed by atoms with Crippen LogP contribution in [-0.4, -0.2) is 0 Å². The molecule has 101 valence electrons. The van der Waals surface area contributed by atoms with Gasteiger partial charge in [-0.2, -0.15) is 0 Å². The van der Waals surface area contributed by atoms with Crippen LogP contribution in [0.3, 0.4) is 0 Å². The molecule has 0 fully saturated rings. The Labute approximate surface area is 121 Å². The van der Waals surface area contributed by atoms with Crippen molar-refractivity contribution < 1.29 is 17.1 Å². The first-order chi connectivity index (χ1) is 8.93. The quantitative estimate of drug-likeness (QED) is 0.562. The minimum atomic E-state index is 0. The van der Waals surface area contributed by atoms with Gasteiger partial charge in [-0.05, 0) is 24.3 Å². The van der Waals surface area contributed by atoms with Crippen molar-refractivity contribution >= 4 is 22.7 Å². The average Bonchev–Trinajstić information content (AvgIpc) is 3.08. The molecule has 0 aromatic heterocycles. The Kier molecular flexibility index (Phi) is 4.48. The number of hydrogen-bond donors (Lipinski definition) is 4. The largest absolute Gasteiger partial charge is 2.00 e. The SMILES string of the molecule is [Cu+2].c1ccc2c(c1)N[N-]N2.c1ccc2c(c1)N[N-]N2. The number of rotatable bonds is 0. The van der Waals surface area contributed by atoms with E-state index in [4.69, 9.17) is 0 Å². The van der Waals surface area contributed by atoms with Gasteiger partial charge in [-0.1, -0.05) is 24.3 Å². The Morgan fingerprint density at radius 2 is 0.789 bits per heavy atom. The Hall–Kier alpha value is -1.92. The fraction of sp³-hybridized carbons (Fsp3) is 0. The summed E-state index contributed by atoms with van der Waals surface area (Å²) in [7, 11) is 0. The fourth-order valence-electron chi connectivity index (χ4n) is 1.65. The molecule has 2 heterocycles. The molecule has 0 spiro atoms. The third-order valence-corrected chi connectivity index (χ3v) is 2.56. The van der Waals surface area contributed by atoms with E-state index in [0.717, 1.165) is 22.7 Å². The summed E-state index contributed by atoms with van der Waals surface area (Å²) in [5.74, 6) is 0. The maximum Gasteiger partial charge on any atom is 2.00 e. The molecule has 2 aliphatic heterocycles. The summed E-state index contributed by atoms with van der Waals surface area (Å²) >= 11 is 0. The van der Waals surface area contributed by atoms with Gasteiger partial charge in [0.1, 0.15) is 0 Å². The summed E-state index contributed by atoms with van der Waals surface area (Å²) in [5.41, 5.74) is 22.9. The van der Waals surface area contributed by atoms with Crippen molar-refractivity contribution in [3.63, 3.8) is 0 Å². The number of para-hydroxylation sites is 4. The standard InChI is InChI=1S/2C6H6N3.Cu/c2*1-2-4-6-5(3-1)7-9-8-6;/h2*1-4,7-8H;/q2*-1;+2. The van der Waals surface area contributed by atoms with Gasteiger partial charge in [0.2, 0.25) is 0 Å². The minimum Gasteiger partial charge on any atom is -0.480 e. The molecular formula is C12H12CuN6. The molecule has 6 nitrogen and oxygen atoms in total. The molecule has 19 heavy (non-hydrogen) atoms. The molecule has 2 aromatic rings.